The Labute approximate surface area is 148 Å². The summed E-state index contributed by atoms with van der Waals surface area (Å²) in [7, 11) is 1.53. The minimum atomic E-state index is -0.196. The third kappa shape index (κ3) is 4.21. The summed E-state index contributed by atoms with van der Waals surface area (Å²) in [5.74, 6) is 0.682. The molecule has 25 heavy (non-hydrogen) atoms. The minimum Gasteiger partial charge on any atom is -0.375 e. The summed E-state index contributed by atoms with van der Waals surface area (Å²) in [6, 6.07) is 1.78. The molecule has 2 amide bonds. The highest BCUT2D eigenvalue weighted by Crippen LogP contribution is 2.40. The molecule has 0 spiro atoms. The number of likely N-dealkylation sites (tertiary alicyclic amines) is 1. The lowest BCUT2D eigenvalue weighted by molar-refractivity contribution is -0.127. The fourth-order valence-corrected chi connectivity index (χ4v) is 3.78. The zero-order valence-electron chi connectivity index (χ0n) is 15.2. The van der Waals surface area contributed by atoms with E-state index in [0.717, 1.165) is 19.3 Å². The van der Waals surface area contributed by atoms with Crippen LogP contribution in [0.5, 0.6) is 0 Å². The van der Waals surface area contributed by atoms with E-state index < -0.39 is 0 Å². The molecule has 1 aliphatic heterocycles. The second kappa shape index (κ2) is 7.56. The minimum absolute atomic E-state index is 0.0302. The molecule has 138 valence electrons. The SMILES string of the molecule is CCn1nccc1C(=O)N1CCC(CC2CC2)(NC(=O)COC)CC1. The molecule has 0 unspecified atom stereocenters. The fraction of sp³-hybridized carbons (Fsp3) is 0.722. The Morgan fingerprint density at radius 3 is 2.68 bits per heavy atom. The van der Waals surface area contributed by atoms with Crippen molar-refractivity contribution >= 4 is 11.8 Å². The van der Waals surface area contributed by atoms with Gasteiger partial charge < -0.3 is 15.0 Å². The van der Waals surface area contributed by atoms with Gasteiger partial charge >= 0.3 is 0 Å². The number of aryl methyl sites for hydroxylation is 1. The molecule has 1 saturated heterocycles. The van der Waals surface area contributed by atoms with Crippen molar-refractivity contribution in [2.75, 3.05) is 26.8 Å². The van der Waals surface area contributed by atoms with Crippen LogP contribution in [0.25, 0.3) is 0 Å². The summed E-state index contributed by atoms with van der Waals surface area (Å²) in [6.45, 7) is 4.07. The van der Waals surface area contributed by atoms with Crippen molar-refractivity contribution in [1.82, 2.24) is 20.0 Å². The lowest BCUT2D eigenvalue weighted by atomic mass is 9.82. The molecule has 3 rings (SSSR count). The van der Waals surface area contributed by atoms with Gasteiger partial charge in [-0.05, 0) is 38.2 Å². The van der Waals surface area contributed by atoms with Crippen LogP contribution in [0, 0.1) is 5.92 Å². The lowest BCUT2D eigenvalue weighted by Crippen LogP contribution is -2.57. The van der Waals surface area contributed by atoms with E-state index in [4.69, 9.17) is 4.74 Å². The Kier molecular flexibility index (Phi) is 5.42. The molecule has 0 bridgehead atoms. The first-order chi connectivity index (χ1) is 12.1. The largest absolute Gasteiger partial charge is 0.375 e. The molecule has 7 nitrogen and oxygen atoms in total. The number of methoxy groups -OCH3 is 1. The molecule has 2 aliphatic rings. The first-order valence-corrected chi connectivity index (χ1v) is 9.18. The average Bonchev–Trinajstić information content (AvgIpc) is 3.27. The maximum atomic E-state index is 12.8. The van der Waals surface area contributed by atoms with Crippen molar-refractivity contribution in [1.29, 1.82) is 0 Å². The van der Waals surface area contributed by atoms with Gasteiger partial charge in [0.1, 0.15) is 12.3 Å². The van der Waals surface area contributed by atoms with Crippen LogP contribution in [-0.2, 0) is 16.1 Å². The van der Waals surface area contributed by atoms with Gasteiger partial charge in [-0.15, -0.1) is 0 Å². The number of piperidine rings is 1. The van der Waals surface area contributed by atoms with E-state index in [1.54, 1.807) is 16.9 Å². The molecule has 0 atom stereocenters. The Bertz CT molecular complexity index is 616. The monoisotopic (exact) mass is 348 g/mol. The summed E-state index contributed by atoms with van der Waals surface area (Å²) < 4.78 is 6.69. The summed E-state index contributed by atoms with van der Waals surface area (Å²) in [5.41, 5.74) is 0.444. The van der Waals surface area contributed by atoms with E-state index in [9.17, 15) is 9.59 Å². The molecule has 7 heteroatoms. The molecule has 1 aromatic rings. The van der Waals surface area contributed by atoms with Gasteiger partial charge in [0.05, 0.1) is 0 Å². The first kappa shape index (κ1) is 17.9. The number of carbonyl (C=O) groups excluding carboxylic acids is 2. The third-order valence-corrected chi connectivity index (χ3v) is 5.30. The Balaban J connectivity index is 1.64. The van der Waals surface area contributed by atoms with Gasteiger partial charge in [-0.2, -0.15) is 5.10 Å². The average molecular weight is 348 g/mol. The number of nitrogens with one attached hydrogen (secondary N) is 1. The highest BCUT2D eigenvalue weighted by Gasteiger charge is 2.41. The fourth-order valence-electron chi connectivity index (χ4n) is 3.78. The molecule has 1 N–H and O–H groups in total. The maximum absolute atomic E-state index is 12.8. The second-order valence-corrected chi connectivity index (χ2v) is 7.23. The van der Waals surface area contributed by atoms with Crippen molar-refractivity contribution in [2.45, 2.75) is 51.1 Å². The van der Waals surface area contributed by atoms with Crippen LogP contribution in [0.3, 0.4) is 0 Å². The van der Waals surface area contributed by atoms with E-state index in [-0.39, 0.29) is 24.0 Å². The second-order valence-electron chi connectivity index (χ2n) is 7.23. The summed E-state index contributed by atoms with van der Waals surface area (Å²) in [6.07, 6.45) is 6.77. The van der Waals surface area contributed by atoms with Crippen molar-refractivity contribution < 1.29 is 14.3 Å². The molecule has 2 heterocycles. The number of hydrogen-bond donors (Lipinski definition) is 1. The smallest absolute Gasteiger partial charge is 0.272 e. The Morgan fingerprint density at radius 2 is 2.08 bits per heavy atom. The summed E-state index contributed by atoms with van der Waals surface area (Å²) in [5, 5.41) is 7.39. The first-order valence-electron chi connectivity index (χ1n) is 9.18. The van der Waals surface area contributed by atoms with E-state index >= 15 is 0 Å². The number of ether oxygens (including phenoxy) is 1. The van der Waals surface area contributed by atoms with Crippen LogP contribution in [0.15, 0.2) is 12.3 Å². The number of amides is 2. The topological polar surface area (TPSA) is 76.5 Å². The van der Waals surface area contributed by atoms with Gasteiger partial charge in [0.2, 0.25) is 5.91 Å². The lowest BCUT2D eigenvalue weighted by Gasteiger charge is -2.42. The van der Waals surface area contributed by atoms with Crippen LogP contribution < -0.4 is 5.32 Å². The third-order valence-electron chi connectivity index (χ3n) is 5.30. The van der Waals surface area contributed by atoms with Crippen LogP contribution in [0.4, 0.5) is 0 Å². The van der Waals surface area contributed by atoms with E-state index in [0.29, 0.717) is 31.2 Å². The highest BCUT2D eigenvalue weighted by molar-refractivity contribution is 5.92. The van der Waals surface area contributed by atoms with E-state index in [1.807, 2.05) is 11.8 Å². The molecule has 2 fully saturated rings. The molecule has 0 radical (unpaired) electrons. The van der Waals surface area contributed by atoms with Crippen LogP contribution in [0.2, 0.25) is 0 Å². The number of rotatable bonds is 7. The predicted octanol–water partition coefficient (Wildman–Crippen LogP) is 1.44. The maximum Gasteiger partial charge on any atom is 0.272 e. The van der Waals surface area contributed by atoms with Crippen molar-refractivity contribution in [3.05, 3.63) is 18.0 Å². The number of aromatic nitrogens is 2. The molecule has 1 aromatic heterocycles. The molecule has 1 saturated carbocycles. The van der Waals surface area contributed by atoms with Gasteiger partial charge in [-0.25, -0.2) is 0 Å². The van der Waals surface area contributed by atoms with Crippen molar-refractivity contribution in [2.24, 2.45) is 5.92 Å². The predicted molar refractivity (Wildman–Crippen MR) is 93.1 cm³/mol. The van der Waals surface area contributed by atoms with Crippen LogP contribution in [0.1, 0.15) is 49.5 Å². The molecular weight excluding hydrogens is 320 g/mol. The zero-order valence-corrected chi connectivity index (χ0v) is 15.2. The quantitative estimate of drug-likeness (QED) is 0.809. The van der Waals surface area contributed by atoms with Gasteiger partial charge in [0, 0.05) is 38.5 Å². The summed E-state index contributed by atoms with van der Waals surface area (Å²) >= 11 is 0. The summed E-state index contributed by atoms with van der Waals surface area (Å²) in [4.78, 5) is 26.7. The van der Waals surface area contributed by atoms with Crippen LogP contribution in [-0.4, -0.2) is 58.8 Å². The van der Waals surface area contributed by atoms with E-state index in [1.165, 1.54) is 20.0 Å². The Morgan fingerprint density at radius 1 is 1.36 bits per heavy atom. The highest BCUT2D eigenvalue weighted by atomic mass is 16.5. The van der Waals surface area contributed by atoms with Crippen molar-refractivity contribution in [3.63, 3.8) is 0 Å². The van der Waals surface area contributed by atoms with Gasteiger partial charge in [-0.1, -0.05) is 12.8 Å². The van der Waals surface area contributed by atoms with Crippen LogP contribution >= 0.6 is 0 Å². The van der Waals surface area contributed by atoms with Crippen molar-refractivity contribution in [3.8, 4) is 0 Å². The number of carbonyl (C=O) groups is 2. The standard InChI is InChI=1S/C18H28N4O3/c1-3-22-15(6-9-19-22)17(24)21-10-7-18(8-11-21,12-14-4-5-14)20-16(23)13-25-2/h6,9,14H,3-5,7-8,10-13H2,1-2H3,(H,20,23). The van der Waals surface area contributed by atoms with Gasteiger partial charge in [0.15, 0.2) is 0 Å². The van der Waals surface area contributed by atoms with E-state index in [2.05, 4.69) is 10.4 Å². The zero-order chi connectivity index (χ0) is 17.9. The normalized spacial score (nSPS) is 19.7. The Hall–Kier alpha value is -1.89. The van der Waals surface area contributed by atoms with Gasteiger partial charge in [0.25, 0.3) is 5.91 Å². The molecule has 1 aliphatic carbocycles. The molecule has 0 aromatic carbocycles. The number of nitrogens with zero attached hydrogens (tertiary/aromatic N) is 3. The number of hydrogen-bond acceptors (Lipinski definition) is 4. The van der Waals surface area contributed by atoms with Gasteiger partial charge in [-0.3, -0.25) is 14.3 Å². The molecular formula is C18H28N4O3.